The van der Waals surface area contributed by atoms with E-state index in [2.05, 4.69) is 27.7 Å². The Bertz CT molecular complexity index is 121. The first-order valence-corrected chi connectivity index (χ1v) is 4.91. The summed E-state index contributed by atoms with van der Waals surface area (Å²) in [6.45, 7) is 9.33. The molecule has 0 heterocycles. The van der Waals surface area contributed by atoms with Gasteiger partial charge in [0.15, 0.2) is 0 Å². The monoisotopic (exact) mass is 172 g/mol. The van der Waals surface area contributed by atoms with Crippen molar-refractivity contribution in [2.24, 2.45) is 23.3 Å². The maximum atomic E-state index is 6.16. The lowest BCUT2D eigenvalue weighted by atomic mass is 9.82. The summed E-state index contributed by atoms with van der Waals surface area (Å²) in [6.07, 6.45) is 2.21. The fraction of sp³-hybridized carbons (Fsp3) is 1.00. The van der Waals surface area contributed by atoms with Gasteiger partial charge in [0.2, 0.25) is 0 Å². The summed E-state index contributed by atoms with van der Waals surface area (Å²) in [5, 5.41) is 0. The molecule has 0 amide bonds. The van der Waals surface area contributed by atoms with Gasteiger partial charge in [0, 0.05) is 12.1 Å². The van der Waals surface area contributed by atoms with Crippen LogP contribution >= 0.6 is 0 Å². The van der Waals surface area contributed by atoms with Crippen LogP contribution in [0.25, 0.3) is 0 Å². The smallest absolute Gasteiger partial charge is 0.0302 e. The molecule has 2 nitrogen and oxygen atoms in total. The minimum Gasteiger partial charge on any atom is -0.329 e. The van der Waals surface area contributed by atoms with Crippen LogP contribution in [0, 0.1) is 11.8 Å². The third-order valence-electron chi connectivity index (χ3n) is 2.72. The highest BCUT2D eigenvalue weighted by atomic mass is 14.8. The van der Waals surface area contributed by atoms with Crippen molar-refractivity contribution < 1.29 is 0 Å². The Morgan fingerprint density at radius 3 is 1.92 bits per heavy atom. The van der Waals surface area contributed by atoms with Crippen LogP contribution in [0.1, 0.15) is 40.5 Å². The molecular formula is C10H24N2. The van der Waals surface area contributed by atoms with Crippen molar-refractivity contribution in [3.8, 4) is 0 Å². The van der Waals surface area contributed by atoms with Crippen LogP contribution in [0.3, 0.4) is 0 Å². The molecule has 1 unspecified atom stereocenters. The Kier molecular flexibility index (Phi) is 4.80. The van der Waals surface area contributed by atoms with Gasteiger partial charge in [-0.05, 0) is 24.7 Å². The molecule has 0 saturated carbocycles. The summed E-state index contributed by atoms with van der Waals surface area (Å²) >= 11 is 0. The molecule has 2 heteroatoms. The van der Waals surface area contributed by atoms with Crippen LogP contribution in [-0.2, 0) is 0 Å². The van der Waals surface area contributed by atoms with Gasteiger partial charge in [0.25, 0.3) is 0 Å². The summed E-state index contributed by atoms with van der Waals surface area (Å²) in [7, 11) is 0. The average molecular weight is 172 g/mol. The van der Waals surface area contributed by atoms with E-state index in [1.165, 1.54) is 6.42 Å². The third-order valence-corrected chi connectivity index (χ3v) is 2.72. The Morgan fingerprint density at radius 2 is 1.67 bits per heavy atom. The molecule has 1 atom stereocenters. The van der Waals surface area contributed by atoms with E-state index in [0.717, 1.165) is 12.3 Å². The summed E-state index contributed by atoms with van der Waals surface area (Å²) < 4.78 is 0. The Hall–Kier alpha value is -0.0800. The highest BCUT2D eigenvalue weighted by Gasteiger charge is 2.26. The number of rotatable bonds is 5. The van der Waals surface area contributed by atoms with Crippen molar-refractivity contribution in [2.45, 2.75) is 46.1 Å². The van der Waals surface area contributed by atoms with E-state index >= 15 is 0 Å². The Morgan fingerprint density at radius 1 is 1.17 bits per heavy atom. The molecule has 12 heavy (non-hydrogen) atoms. The van der Waals surface area contributed by atoms with Gasteiger partial charge in [0.05, 0.1) is 0 Å². The molecule has 4 N–H and O–H groups in total. The van der Waals surface area contributed by atoms with Gasteiger partial charge in [-0.25, -0.2) is 0 Å². The second kappa shape index (κ2) is 4.83. The third kappa shape index (κ3) is 3.55. The highest BCUT2D eigenvalue weighted by Crippen LogP contribution is 2.21. The fourth-order valence-corrected chi connectivity index (χ4v) is 1.18. The first kappa shape index (κ1) is 11.9. The van der Waals surface area contributed by atoms with Crippen LogP contribution in [0.5, 0.6) is 0 Å². The van der Waals surface area contributed by atoms with Gasteiger partial charge in [-0.1, -0.05) is 27.7 Å². The predicted molar refractivity (Wildman–Crippen MR) is 54.9 cm³/mol. The van der Waals surface area contributed by atoms with Gasteiger partial charge < -0.3 is 11.5 Å². The number of nitrogens with two attached hydrogens (primary N) is 2. The molecule has 0 aliphatic rings. The molecule has 74 valence electrons. The molecule has 0 fully saturated rings. The molecule has 0 radical (unpaired) electrons. The Balaban J connectivity index is 3.97. The molecule has 0 saturated heterocycles. The van der Waals surface area contributed by atoms with Crippen molar-refractivity contribution in [3.63, 3.8) is 0 Å². The van der Waals surface area contributed by atoms with Gasteiger partial charge in [0.1, 0.15) is 0 Å². The molecular weight excluding hydrogens is 148 g/mol. The van der Waals surface area contributed by atoms with E-state index in [1.54, 1.807) is 0 Å². The standard InChI is InChI=1S/C10H24N2/c1-8(2)5-6-10(12,7-11)9(3)4/h8-9H,5-7,11-12H2,1-4H3. The zero-order valence-electron chi connectivity index (χ0n) is 8.93. The van der Waals surface area contributed by atoms with Crippen molar-refractivity contribution in [2.75, 3.05) is 6.54 Å². The summed E-state index contributed by atoms with van der Waals surface area (Å²) in [5.74, 6) is 1.19. The summed E-state index contributed by atoms with van der Waals surface area (Å²) in [6, 6.07) is 0. The zero-order valence-corrected chi connectivity index (χ0v) is 8.93. The fourth-order valence-electron chi connectivity index (χ4n) is 1.18. The lowest BCUT2D eigenvalue weighted by Crippen LogP contribution is -2.51. The first-order valence-electron chi connectivity index (χ1n) is 4.91. The Labute approximate surface area is 76.7 Å². The first-order chi connectivity index (χ1) is 5.42. The lowest BCUT2D eigenvalue weighted by molar-refractivity contribution is 0.276. The van der Waals surface area contributed by atoms with Gasteiger partial charge in [-0.15, -0.1) is 0 Å². The van der Waals surface area contributed by atoms with E-state index in [0.29, 0.717) is 12.5 Å². The minimum atomic E-state index is -0.149. The molecule has 0 spiro atoms. The largest absolute Gasteiger partial charge is 0.329 e. The molecule has 0 aromatic rings. The molecule has 0 bridgehead atoms. The predicted octanol–water partition coefficient (Wildman–Crippen LogP) is 1.73. The summed E-state index contributed by atoms with van der Waals surface area (Å²) in [5.41, 5.74) is 11.7. The van der Waals surface area contributed by atoms with Crippen LogP contribution in [0.2, 0.25) is 0 Å². The molecule has 0 aliphatic carbocycles. The number of hydrogen-bond acceptors (Lipinski definition) is 2. The topological polar surface area (TPSA) is 52.0 Å². The van der Waals surface area contributed by atoms with E-state index in [1.807, 2.05) is 0 Å². The highest BCUT2D eigenvalue weighted by molar-refractivity contribution is 4.88. The zero-order chi connectivity index (χ0) is 9.78. The van der Waals surface area contributed by atoms with Crippen LogP contribution in [0.4, 0.5) is 0 Å². The number of hydrogen-bond donors (Lipinski definition) is 2. The van der Waals surface area contributed by atoms with E-state index < -0.39 is 0 Å². The molecule has 0 aromatic carbocycles. The average Bonchev–Trinajstić information content (AvgIpc) is 1.99. The maximum Gasteiger partial charge on any atom is 0.0302 e. The SMILES string of the molecule is CC(C)CCC(N)(CN)C(C)C. The van der Waals surface area contributed by atoms with Crippen LogP contribution < -0.4 is 11.5 Å². The molecule has 0 aromatic heterocycles. The van der Waals surface area contributed by atoms with Crippen molar-refractivity contribution >= 4 is 0 Å². The van der Waals surface area contributed by atoms with Crippen molar-refractivity contribution in [1.82, 2.24) is 0 Å². The minimum absolute atomic E-state index is 0.149. The van der Waals surface area contributed by atoms with Gasteiger partial charge in [-0.2, -0.15) is 0 Å². The van der Waals surface area contributed by atoms with Gasteiger partial charge in [-0.3, -0.25) is 0 Å². The van der Waals surface area contributed by atoms with Crippen LogP contribution in [0.15, 0.2) is 0 Å². The quantitative estimate of drug-likeness (QED) is 0.663. The van der Waals surface area contributed by atoms with E-state index in [-0.39, 0.29) is 5.54 Å². The normalized spacial score (nSPS) is 17.0. The summed E-state index contributed by atoms with van der Waals surface area (Å²) in [4.78, 5) is 0. The van der Waals surface area contributed by atoms with E-state index in [9.17, 15) is 0 Å². The van der Waals surface area contributed by atoms with Gasteiger partial charge >= 0.3 is 0 Å². The van der Waals surface area contributed by atoms with E-state index in [4.69, 9.17) is 11.5 Å². The second-order valence-electron chi connectivity index (χ2n) is 4.52. The van der Waals surface area contributed by atoms with Crippen LogP contribution in [-0.4, -0.2) is 12.1 Å². The lowest BCUT2D eigenvalue weighted by Gasteiger charge is -2.32. The van der Waals surface area contributed by atoms with Crippen molar-refractivity contribution in [1.29, 1.82) is 0 Å². The molecule has 0 aliphatic heterocycles. The molecule has 0 rings (SSSR count). The second-order valence-corrected chi connectivity index (χ2v) is 4.52. The maximum absolute atomic E-state index is 6.16. The van der Waals surface area contributed by atoms with Crippen molar-refractivity contribution in [3.05, 3.63) is 0 Å².